The average molecular weight is 235 g/mol. The first-order valence-electron chi connectivity index (χ1n) is 6.99. The molecule has 17 heavy (non-hydrogen) atoms. The summed E-state index contributed by atoms with van der Waals surface area (Å²) < 4.78 is 2.35. The summed E-state index contributed by atoms with van der Waals surface area (Å²) in [7, 11) is 0. The number of hydrogen-bond acceptors (Lipinski definition) is 2. The number of hydrogen-bond donors (Lipinski definition) is 1. The van der Waals surface area contributed by atoms with Gasteiger partial charge in [-0.1, -0.05) is 20.3 Å². The Kier molecular flexibility index (Phi) is 4.21. The summed E-state index contributed by atoms with van der Waals surface area (Å²) in [6.45, 7) is 7.70. The van der Waals surface area contributed by atoms with Gasteiger partial charge in [-0.2, -0.15) is 0 Å². The zero-order valence-corrected chi connectivity index (χ0v) is 11.2. The fourth-order valence-electron chi connectivity index (χ4n) is 2.59. The molecule has 0 amide bonds. The van der Waals surface area contributed by atoms with E-state index in [4.69, 9.17) is 0 Å². The first-order valence-corrected chi connectivity index (χ1v) is 6.99. The van der Waals surface area contributed by atoms with Crippen LogP contribution in [0.25, 0.3) is 0 Å². The SMILES string of the molecule is CCCNCc1cncn1CC1(CCC)CC1. The molecule has 0 saturated heterocycles. The van der Waals surface area contributed by atoms with Crippen LogP contribution in [0.15, 0.2) is 12.5 Å². The van der Waals surface area contributed by atoms with Gasteiger partial charge < -0.3 is 9.88 Å². The molecule has 0 radical (unpaired) electrons. The van der Waals surface area contributed by atoms with Crippen molar-refractivity contribution in [1.29, 1.82) is 0 Å². The van der Waals surface area contributed by atoms with Gasteiger partial charge in [0.15, 0.2) is 0 Å². The second-order valence-electron chi connectivity index (χ2n) is 5.44. The maximum atomic E-state index is 4.30. The molecule has 1 aliphatic carbocycles. The minimum absolute atomic E-state index is 0.606. The van der Waals surface area contributed by atoms with E-state index in [0.29, 0.717) is 5.41 Å². The summed E-state index contributed by atoms with van der Waals surface area (Å²) in [6, 6.07) is 0. The van der Waals surface area contributed by atoms with Gasteiger partial charge in [0.1, 0.15) is 0 Å². The second-order valence-corrected chi connectivity index (χ2v) is 5.44. The van der Waals surface area contributed by atoms with E-state index in [1.54, 1.807) is 0 Å². The molecule has 96 valence electrons. The van der Waals surface area contributed by atoms with Gasteiger partial charge in [0, 0.05) is 19.3 Å². The molecule has 1 fully saturated rings. The second kappa shape index (κ2) is 5.67. The van der Waals surface area contributed by atoms with E-state index in [-0.39, 0.29) is 0 Å². The minimum Gasteiger partial charge on any atom is -0.333 e. The summed E-state index contributed by atoms with van der Waals surface area (Å²) in [6.07, 6.45) is 10.7. The molecule has 1 saturated carbocycles. The normalized spacial score (nSPS) is 17.3. The molecular weight excluding hydrogens is 210 g/mol. The topological polar surface area (TPSA) is 29.9 Å². The molecule has 1 aliphatic rings. The molecule has 0 aliphatic heterocycles. The van der Waals surface area contributed by atoms with E-state index in [1.165, 1.54) is 44.3 Å². The van der Waals surface area contributed by atoms with Crippen LogP contribution >= 0.6 is 0 Å². The summed E-state index contributed by atoms with van der Waals surface area (Å²) in [5, 5.41) is 3.46. The van der Waals surface area contributed by atoms with Crippen LogP contribution < -0.4 is 5.32 Å². The standard InChI is InChI=1S/C14H25N3/c1-3-5-14(6-7-14)11-17-12-16-10-13(17)9-15-8-4-2/h10,12,15H,3-9,11H2,1-2H3. The molecule has 0 atom stereocenters. The number of imidazole rings is 1. The highest BCUT2D eigenvalue weighted by atomic mass is 15.1. The molecule has 0 spiro atoms. The Balaban J connectivity index is 1.90. The minimum atomic E-state index is 0.606. The molecule has 3 nitrogen and oxygen atoms in total. The molecular formula is C14H25N3. The van der Waals surface area contributed by atoms with Gasteiger partial charge in [0.2, 0.25) is 0 Å². The Bertz CT molecular complexity index is 339. The summed E-state index contributed by atoms with van der Waals surface area (Å²) in [5.74, 6) is 0. The number of rotatable bonds is 8. The fraction of sp³-hybridized carbons (Fsp3) is 0.786. The fourth-order valence-corrected chi connectivity index (χ4v) is 2.59. The van der Waals surface area contributed by atoms with E-state index in [1.807, 2.05) is 12.5 Å². The van der Waals surface area contributed by atoms with E-state index < -0.39 is 0 Å². The molecule has 1 heterocycles. The molecule has 1 aromatic rings. The predicted octanol–water partition coefficient (Wildman–Crippen LogP) is 2.96. The number of nitrogens with one attached hydrogen (secondary N) is 1. The third-order valence-electron chi connectivity index (χ3n) is 3.77. The molecule has 2 rings (SSSR count). The van der Waals surface area contributed by atoms with Crippen LogP contribution in [-0.2, 0) is 13.1 Å². The van der Waals surface area contributed by atoms with Crippen molar-refractivity contribution in [2.24, 2.45) is 5.41 Å². The van der Waals surface area contributed by atoms with Crippen molar-refractivity contribution in [3.05, 3.63) is 18.2 Å². The summed E-state index contributed by atoms with van der Waals surface area (Å²) >= 11 is 0. The van der Waals surface area contributed by atoms with Crippen LogP contribution in [-0.4, -0.2) is 16.1 Å². The maximum absolute atomic E-state index is 4.30. The van der Waals surface area contributed by atoms with E-state index >= 15 is 0 Å². The third kappa shape index (κ3) is 3.32. The highest BCUT2D eigenvalue weighted by molar-refractivity contribution is 5.02. The molecule has 0 unspecified atom stereocenters. The van der Waals surface area contributed by atoms with Crippen LogP contribution in [0, 0.1) is 5.41 Å². The van der Waals surface area contributed by atoms with Crippen LogP contribution in [0.5, 0.6) is 0 Å². The van der Waals surface area contributed by atoms with Crippen LogP contribution in [0.2, 0.25) is 0 Å². The van der Waals surface area contributed by atoms with Crippen molar-refractivity contribution in [3.8, 4) is 0 Å². The van der Waals surface area contributed by atoms with Gasteiger partial charge >= 0.3 is 0 Å². The van der Waals surface area contributed by atoms with Crippen molar-refractivity contribution in [1.82, 2.24) is 14.9 Å². The maximum Gasteiger partial charge on any atom is 0.0948 e. The van der Waals surface area contributed by atoms with Crippen LogP contribution in [0.4, 0.5) is 0 Å². The molecule has 0 aromatic carbocycles. The molecule has 1 N–H and O–H groups in total. The lowest BCUT2D eigenvalue weighted by molar-refractivity contribution is 0.380. The lowest BCUT2D eigenvalue weighted by atomic mass is 10.0. The monoisotopic (exact) mass is 235 g/mol. The van der Waals surface area contributed by atoms with Crippen molar-refractivity contribution in [3.63, 3.8) is 0 Å². The third-order valence-corrected chi connectivity index (χ3v) is 3.77. The molecule has 1 aromatic heterocycles. The molecule has 0 bridgehead atoms. The quantitative estimate of drug-likeness (QED) is 0.702. The first-order chi connectivity index (χ1) is 8.29. The highest BCUT2D eigenvalue weighted by Crippen LogP contribution is 2.51. The lowest BCUT2D eigenvalue weighted by Gasteiger charge is -2.17. The Hall–Kier alpha value is -0.830. The van der Waals surface area contributed by atoms with Crippen LogP contribution in [0.1, 0.15) is 51.6 Å². The average Bonchev–Trinajstić information content (AvgIpc) is 2.92. The van der Waals surface area contributed by atoms with Crippen LogP contribution in [0.3, 0.4) is 0 Å². The van der Waals surface area contributed by atoms with Gasteiger partial charge in [-0.15, -0.1) is 0 Å². The van der Waals surface area contributed by atoms with Crippen molar-refractivity contribution >= 4 is 0 Å². The van der Waals surface area contributed by atoms with E-state index in [2.05, 4.69) is 28.7 Å². The Morgan fingerprint density at radius 1 is 1.35 bits per heavy atom. The lowest BCUT2D eigenvalue weighted by Crippen LogP contribution is -2.19. The number of aromatic nitrogens is 2. The Labute approximate surface area is 105 Å². The molecule has 3 heteroatoms. The van der Waals surface area contributed by atoms with E-state index in [9.17, 15) is 0 Å². The summed E-state index contributed by atoms with van der Waals surface area (Å²) in [5.41, 5.74) is 1.94. The Morgan fingerprint density at radius 3 is 2.82 bits per heavy atom. The van der Waals surface area contributed by atoms with Gasteiger partial charge in [-0.05, 0) is 37.6 Å². The smallest absolute Gasteiger partial charge is 0.0948 e. The van der Waals surface area contributed by atoms with Gasteiger partial charge in [0.25, 0.3) is 0 Å². The zero-order valence-electron chi connectivity index (χ0n) is 11.2. The van der Waals surface area contributed by atoms with Crippen molar-refractivity contribution in [2.75, 3.05) is 6.54 Å². The zero-order chi connectivity index (χ0) is 12.1. The highest BCUT2D eigenvalue weighted by Gasteiger charge is 2.41. The summed E-state index contributed by atoms with van der Waals surface area (Å²) in [4.78, 5) is 4.30. The van der Waals surface area contributed by atoms with Gasteiger partial charge in [0.05, 0.1) is 12.0 Å². The van der Waals surface area contributed by atoms with Gasteiger partial charge in [-0.25, -0.2) is 4.98 Å². The Morgan fingerprint density at radius 2 is 2.18 bits per heavy atom. The van der Waals surface area contributed by atoms with E-state index in [0.717, 1.165) is 13.1 Å². The number of nitrogens with zero attached hydrogens (tertiary/aromatic N) is 2. The van der Waals surface area contributed by atoms with Gasteiger partial charge in [-0.3, -0.25) is 0 Å². The largest absolute Gasteiger partial charge is 0.333 e. The predicted molar refractivity (Wildman–Crippen MR) is 70.8 cm³/mol. The first kappa shape index (κ1) is 12.6. The van der Waals surface area contributed by atoms with Crippen molar-refractivity contribution < 1.29 is 0 Å². The van der Waals surface area contributed by atoms with Crippen molar-refractivity contribution in [2.45, 2.75) is 59.0 Å².